The molecule has 1 aliphatic rings. The number of amides is 2. The number of rotatable bonds is 7. The number of para-hydroxylation sites is 1. The van der Waals surface area contributed by atoms with Gasteiger partial charge in [-0.3, -0.25) is 14.4 Å². The molecule has 2 amide bonds. The number of nitrogens with zero attached hydrogens (tertiary/aromatic N) is 2. The van der Waals surface area contributed by atoms with Crippen LogP contribution in [0.3, 0.4) is 0 Å². The number of carbonyl (C=O) groups excluding carboxylic acids is 2. The van der Waals surface area contributed by atoms with E-state index in [1.165, 1.54) is 5.01 Å². The molecule has 2 rings (SSSR count). The summed E-state index contributed by atoms with van der Waals surface area (Å²) >= 11 is 0. The van der Waals surface area contributed by atoms with Crippen LogP contribution in [0.1, 0.15) is 32.1 Å². The first kappa shape index (κ1) is 16.7. The normalized spacial score (nSPS) is 14.3. The van der Waals surface area contributed by atoms with Crippen LogP contribution in [0.2, 0.25) is 0 Å². The second kappa shape index (κ2) is 8.07. The number of hydrogen-bond donors (Lipinski definition) is 2. The van der Waals surface area contributed by atoms with E-state index in [4.69, 9.17) is 5.11 Å². The van der Waals surface area contributed by atoms with Gasteiger partial charge in [-0.15, -0.1) is 0 Å². The summed E-state index contributed by atoms with van der Waals surface area (Å²) in [4.78, 5) is 34.4. The molecule has 23 heavy (non-hydrogen) atoms. The van der Waals surface area contributed by atoms with Crippen molar-refractivity contribution in [3.05, 3.63) is 30.3 Å². The van der Waals surface area contributed by atoms with Crippen LogP contribution in [0.25, 0.3) is 0 Å². The van der Waals surface area contributed by atoms with Gasteiger partial charge in [0.1, 0.15) is 5.71 Å². The van der Waals surface area contributed by atoms with Crippen LogP contribution in [-0.4, -0.2) is 35.1 Å². The van der Waals surface area contributed by atoms with Gasteiger partial charge in [0.15, 0.2) is 0 Å². The van der Waals surface area contributed by atoms with Crippen molar-refractivity contribution in [2.24, 2.45) is 5.10 Å². The molecule has 0 saturated carbocycles. The Morgan fingerprint density at radius 2 is 1.91 bits per heavy atom. The van der Waals surface area contributed by atoms with Gasteiger partial charge in [-0.1, -0.05) is 18.2 Å². The third-order valence-corrected chi connectivity index (χ3v) is 3.40. The smallest absolute Gasteiger partial charge is 0.303 e. The molecule has 0 aliphatic carbocycles. The van der Waals surface area contributed by atoms with Gasteiger partial charge < -0.3 is 10.4 Å². The molecule has 0 unspecified atom stereocenters. The first-order valence-electron chi connectivity index (χ1n) is 7.53. The molecule has 0 radical (unpaired) electrons. The van der Waals surface area contributed by atoms with Gasteiger partial charge in [-0.25, -0.2) is 5.01 Å². The van der Waals surface area contributed by atoms with Crippen molar-refractivity contribution >= 4 is 29.2 Å². The van der Waals surface area contributed by atoms with Crippen molar-refractivity contribution in [3.63, 3.8) is 0 Å². The van der Waals surface area contributed by atoms with Crippen molar-refractivity contribution < 1.29 is 19.5 Å². The number of carboxylic acid groups (broad SMARTS) is 1. The highest BCUT2D eigenvalue weighted by Crippen LogP contribution is 2.19. The quantitative estimate of drug-likeness (QED) is 0.745. The molecule has 2 N–H and O–H groups in total. The van der Waals surface area contributed by atoms with Crippen LogP contribution in [-0.2, 0) is 14.4 Å². The fourth-order valence-corrected chi connectivity index (χ4v) is 2.19. The minimum absolute atomic E-state index is 0.0904. The Bertz CT molecular complexity index is 613. The lowest BCUT2D eigenvalue weighted by Crippen LogP contribution is -2.39. The molecule has 0 saturated heterocycles. The molecule has 1 aromatic rings. The molecule has 0 spiro atoms. The van der Waals surface area contributed by atoms with E-state index < -0.39 is 5.97 Å². The molecule has 1 aromatic carbocycles. The Morgan fingerprint density at radius 1 is 1.17 bits per heavy atom. The first-order valence-corrected chi connectivity index (χ1v) is 7.53. The van der Waals surface area contributed by atoms with E-state index >= 15 is 0 Å². The standard InChI is InChI=1S/C16H19N3O4/c20-14-10-9-13(16(23)17-11-5-4-8-15(21)22)18-19(14)12-6-2-1-3-7-12/h1-3,6-7H,4-5,8-11H2,(H,17,23)(H,21,22). The summed E-state index contributed by atoms with van der Waals surface area (Å²) in [5.41, 5.74) is 0.940. The zero-order valence-corrected chi connectivity index (χ0v) is 12.7. The van der Waals surface area contributed by atoms with Gasteiger partial charge in [-0.2, -0.15) is 5.10 Å². The molecule has 0 atom stereocenters. The highest BCUT2D eigenvalue weighted by atomic mass is 16.4. The van der Waals surface area contributed by atoms with E-state index in [2.05, 4.69) is 10.4 Å². The summed E-state index contributed by atoms with van der Waals surface area (Å²) in [6, 6.07) is 8.96. The van der Waals surface area contributed by atoms with E-state index in [-0.39, 0.29) is 24.7 Å². The monoisotopic (exact) mass is 317 g/mol. The van der Waals surface area contributed by atoms with Crippen molar-refractivity contribution in [1.82, 2.24) is 5.32 Å². The van der Waals surface area contributed by atoms with Crippen molar-refractivity contribution in [2.45, 2.75) is 32.1 Å². The van der Waals surface area contributed by atoms with E-state index in [9.17, 15) is 14.4 Å². The number of anilines is 1. The molecular formula is C16H19N3O4. The first-order chi connectivity index (χ1) is 11.1. The summed E-state index contributed by atoms with van der Waals surface area (Å²) in [7, 11) is 0. The Morgan fingerprint density at radius 3 is 2.61 bits per heavy atom. The Labute approximate surface area is 134 Å². The zero-order valence-electron chi connectivity index (χ0n) is 12.7. The third-order valence-electron chi connectivity index (χ3n) is 3.40. The predicted octanol–water partition coefficient (Wildman–Crippen LogP) is 1.54. The van der Waals surface area contributed by atoms with Crippen LogP contribution in [0.4, 0.5) is 5.69 Å². The lowest BCUT2D eigenvalue weighted by Gasteiger charge is -2.23. The summed E-state index contributed by atoms with van der Waals surface area (Å²) < 4.78 is 0. The lowest BCUT2D eigenvalue weighted by molar-refractivity contribution is -0.137. The van der Waals surface area contributed by atoms with Gasteiger partial charge in [0, 0.05) is 25.8 Å². The highest BCUT2D eigenvalue weighted by Gasteiger charge is 2.25. The maximum Gasteiger partial charge on any atom is 0.303 e. The van der Waals surface area contributed by atoms with Crippen molar-refractivity contribution in [1.29, 1.82) is 0 Å². The number of carboxylic acids is 1. The predicted molar refractivity (Wildman–Crippen MR) is 85.1 cm³/mol. The van der Waals surface area contributed by atoms with Gasteiger partial charge >= 0.3 is 5.97 Å². The topological polar surface area (TPSA) is 99.1 Å². The third kappa shape index (κ3) is 4.91. The molecule has 0 fully saturated rings. The van der Waals surface area contributed by atoms with Gasteiger partial charge in [0.25, 0.3) is 5.91 Å². The fraction of sp³-hybridized carbons (Fsp3) is 0.375. The number of carbonyl (C=O) groups is 3. The summed E-state index contributed by atoms with van der Waals surface area (Å²) in [5.74, 6) is -1.30. The van der Waals surface area contributed by atoms with E-state index in [0.29, 0.717) is 37.2 Å². The largest absolute Gasteiger partial charge is 0.481 e. The molecule has 7 nitrogen and oxygen atoms in total. The van der Waals surface area contributed by atoms with Gasteiger partial charge in [0.05, 0.1) is 5.69 Å². The van der Waals surface area contributed by atoms with E-state index in [0.717, 1.165) is 0 Å². The Hall–Kier alpha value is -2.70. The second-order valence-corrected chi connectivity index (χ2v) is 5.19. The number of hydrogen-bond acceptors (Lipinski definition) is 4. The maximum atomic E-state index is 12.1. The summed E-state index contributed by atoms with van der Waals surface area (Å²) in [6.07, 6.45) is 1.74. The number of unbranched alkanes of at least 4 members (excludes halogenated alkanes) is 1. The molecule has 7 heteroatoms. The Balaban J connectivity index is 1.92. The maximum absolute atomic E-state index is 12.1. The highest BCUT2D eigenvalue weighted by molar-refractivity contribution is 6.40. The summed E-state index contributed by atoms with van der Waals surface area (Å²) in [6.45, 7) is 0.393. The molecule has 1 heterocycles. The number of hydrazone groups is 1. The molecule has 0 bridgehead atoms. The number of nitrogens with one attached hydrogen (secondary N) is 1. The van der Waals surface area contributed by atoms with Crippen LogP contribution >= 0.6 is 0 Å². The lowest BCUT2D eigenvalue weighted by atomic mass is 10.1. The molecular weight excluding hydrogens is 298 g/mol. The minimum Gasteiger partial charge on any atom is -0.481 e. The average Bonchev–Trinajstić information content (AvgIpc) is 2.55. The molecule has 122 valence electrons. The minimum atomic E-state index is -0.843. The zero-order chi connectivity index (χ0) is 16.7. The van der Waals surface area contributed by atoms with Gasteiger partial charge in [0.2, 0.25) is 5.91 Å². The van der Waals surface area contributed by atoms with E-state index in [1.54, 1.807) is 24.3 Å². The molecule has 0 aromatic heterocycles. The van der Waals surface area contributed by atoms with Crippen molar-refractivity contribution in [2.75, 3.05) is 11.6 Å². The SMILES string of the molecule is O=C(O)CCCCNC(=O)C1=NN(c2ccccc2)C(=O)CC1. The van der Waals surface area contributed by atoms with Gasteiger partial charge in [-0.05, 0) is 25.0 Å². The van der Waals surface area contributed by atoms with Crippen LogP contribution < -0.4 is 10.3 Å². The van der Waals surface area contributed by atoms with Crippen LogP contribution in [0.5, 0.6) is 0 Å². The number of benzene rings is 1. The average molecular weight is 317 g/mol. The second-order valence-electron chi connectivity index (χ2n) is 5.19. The summed E-state index contributed by atoms with van der Waals surface area (Å²) in [5, 5.41) is 16.7. The van der Waals surface area contributed by atoms with E-state index in [1.807, 2.05) is 6.07 Å². The van der Waals surface area contributed by atoms with Crippen LogP contribution in [0, 0.1) is 0 Å². The number of aliphatic carboxylic acids is 1. The fourth-order valence-electron chi connectivity index (χ4n) is 2.19. The van der Waals surface area contributed by atoms with Crippen LogP contribution in [0.15, 0.2) is 35.4 Å². The Kier molecular flexibility index (Phi) is 5.85. The van der Waals surface area contributed by atoms with Crippen molar-refractivity contribution in [3.8, 4) is 0 Å². The molecule has 1 aliphatic heterocycles.